The third-order valence-electron chi connectivity index (χ3n) is 4.84. The van der Waals surface area contributed by atoms with Gasteiger partial charge in [0.25, 0.3) is 0 Å². The molecule has 0 saturated carbocycles. The van der Waals surface area contributed by atoms with Crippen LogP contribution in [0.4, 0.5) is 4.79 Å². The van der Waals surface area contributed by atoms with Crippen molar-refractivity contribution in [2.45, 2.75) is 63.8 Å². The molecule has 2 aliphatic rings. The van der Waals surface area contributed by atoms with Crippen LogP contribution in [0.3, 0.4) is 0 Å². The summed E-state index contributed by atoms with van der Waals surface area (Å²) in [5.41, 5.74) is -0.170. The van der Waals surface area contributed by atoms with E-state index in [0.29, 0.717) is 13.2 Å². The maximum absolute atomic E-state index is 12.7. The number of amides is 2. The van der Waals surface area contributed by atoms with Crippen molar-refractivity contribution in [3.63, 3.8) is 0 Å². The minimum atomic E-state index is -0.170. The largest absolute Gasteiger partial charge is 0.461 e. The molecule has 0 aromatic carbocycles. The van der Waals surface area contributed by atoms with Crippen molar-refractivity contribution in [3.05, 3.63) is 23.7 Å². The van der Waals surface area contributed by atoms with Gasteiger partial charge in [0.05, 0.1) is 11.6 Å². The number of carbonyl (C=O) groups excluding carboxylic acids is 1. The Kier molecular flexibility index (Phi) is 5.15. The van der Waals surface area contributed by atoms with Crippen LogP contribution in [-0.2, 0) is 16.1 Å². The minimum Gasteiger partial charge on any atom is -0.461 e. The number of methoxy groups -OCH3 is 1. The molecule has 3 rings (SSSR count). The first-order valence-corrected chi connectivity index (χ1v) is 8.77. The number of ether oxygens (including phenoxy) is 2. The monoisotopic (exact) mass is 336 g/mol. The molecule has 6 heteroatoms. The van der Waals surface area contributed by atoms with Crippen molar-refractivity contribution in [2.24, 2.45) is 0 Å². The lowest BCUT2D eigenvalue weighted by molar-refractivity contribution is -0.0616. The van der Waals surface area contributed by atoms with E-state index in [1.165, 1.54) is 0 Å². The molecule has 0 spiro atoms. The molecule has 2 aliphatic heterocycles. The van der Waals surface area contributed by atoms with Crippen LogP contribution < -0.4 is 5.32 Å². The van der Waals surface area contributed by atoms with E-state index in [9.17, 15) is 4.79 Å². The summed E-state index contributed by atoms with van der Waals surface area (Å²) in [5, 5.41) is 3.19. The summed E-state index contributed by atoms with van der Waals surface area (Å²) in [6.07, 6.45) is 3.65. The van der Waals surface area contributed by atoms with E-state index in [1.54, 1.807) is 7.11 Å². The molecule has 1 aromatic rings. The zero-order chi connectivity index (χ0) is 17.2. The summed E-state index contributed by atoms with van der Waals surface area (Å²) in [5.74, 6) is 1.65. The van der Waals surface area contributed by atoms with Gasteiger partial charge in [-0.15, -0.1) is 0 Å². The molecule has 134 valence electrons. The molecule has 2 unspecified atom stereocenters. The van der Waals surface area contributed by atoms with Crippen molar-refractivity contribution >= 4 is 6.03 Å². The Morgan fingerprint density at radius 3 is 3.00 bits per heavy atom. The van der Waals surface area contributed by atoms with E-state index in [2.05, 4.69) is 19.2 Å². The molecule has 0 bridgehead atoms. The number of likely N-dealkylation sites (tertiary alicyclic amines) is 1. The number of urea groups is 1. The van der Waals surface area contributed by atoms with E-state index in [4.69, 9.17) is 13.9 Å². The summed E-state index contributed by atoms with van der Waals surface area (Å²) < 4.78 is 16.7. The number of nitrogens with one attached hydrogen (secondary N) is 1. The van der Waals surface area contributed by atoms with Crippen LogP contribution in [0.25, 0.3) is 0 Å². The lowest BCUT2D eigenvalue weighted by Gasteiger charge is -2.37. The first-order chi connectivity index (χ1) is 11.5. The summed E-state index contributed by atoms with van der Waals surface area (Å²) in [7, 11) is 1.65. The Balaban J connectivity index is 1.62. The van der Waals surface area contributed by atoms with E-state index in [0.717, 1.165) is 43.7 Å². The quantitative estimate of drug-likeness (QED) is 0.917. The molecular weight excluding hydrogens is 308 g/mol. The summed E-state index contributed by atoms with van der Waals surface area (Å²) >= 11 is 0. The lowest BCUT2D eigenvalue weighted by atomic mass is 9.94. The molecule has 2 atom stereocenters. The van der Waals surface area contributed by atoms with Crippen molar-refractivity contribution in [2.75, 3.05) is 20.3 Å². The minimum absolute atomic E-state index is 0.00453. The standard InChI is InChI=1S/C18H28N2O4/c1-18(2)11-13(8-10-23-18)19-17(21)20-9-4-5-15(20)16-7-6-14(24-16)12-22-3/h6-7,13,15H,4-5,8-12H2,1-3H3,(H,19,21). The number of rotatable bonds is 4. The van der Waals surface area contributed by atoms with E-state index in [-0.39, 0.29) is 23.7 Å². The molecule has 0 aliphatic carbocycles. The molecule has 1 N–H and O–H groups in total. The van der Waals surface area contributed by atoms with Crippen LogP contribution >= 0.6 is 0 Å². The molecule has 1 aromatic heterocycles. The number of hydrogen-bond donors (Lipinski definition) is 1. The van der Waals surface area contributed by atoms with Crippen LogP contribution in [0, 0.1) is 0 Å². The zero-order valence-corrected chi connectivity index (χ0v) is 14.8. The maximum atomic E-state index is 12.7. The topological polar surface area (TPSA) is 63.9 Å². The van der Waals surface area contributed by atoms with Crippen LogP contribution in [0.5, 0.6) is 0 Å². The summed E-state index contributed by atoms with van der Waals surface area (Å²) in [6, 6.07) is 4.08. The lowest BCUT2D eigenvalue weighted by Crippen LogP contribution is -2.49. The zero-order valence-electron chi connectivity index (χ0n) is 14.8. The van der Waals surface area contributed by atoms with Crippen molar-refractivity contribution in [1.29, 1.82) is 0 Å². The Morgan fingerprint density at radius 1 is 1.42 bits per heavy atom. The third-order valence-corrected chi connectivity index (χ3v) is 4.84. The van der Waals surface area contributed by atoms with Crippen LogP contribution in [0.15, 0.2) is 16.5 Å². The Bertz CT molecular complexity index is 569. The molecule has 0 radical (unpaired) electrons. The second-order valence-electron chi connectivity index (χ2n) is 7.34. The fourth-order valence-electron chi connectivity index (χ4n) is 3.71. The first kappa shape index (κ1) is 17.3. The highest BCUT2D eigenvalue weighted by Crippen LogP contribution is 2.33. The highest BCUT2D eigenvalue weighted by atomic mass is 16.5. The van der Waals surface area contributed by atoms with Crippen molar-refractivity contribution < 1.29 is 18.7 Å². The fourth-order valence-corrected chi connectivity index (χ4v) is 3.71. The fraction of sp³-hybridized carbons (Fsp3) is 0.722. The highest BCUT2D eigenvalue weighted by molar-refractivity contribution is 5.75. The van der Waals surface area contributed by atoms with E-state index in [1.807, 2.05) is 17.0 Å². The molecule has 24 heavy (non-hydrogen) atoms. The average Bonchev–Trinajstić information content (AvgIpc) is 3.14. The average molecular weight is 336 g/mol. The van der Waals surface area contributed by atoms with Gasteiger partial charge in [0.2, 0.25) is 0 Å². The smallest absolute Gasteiger partial charge is 0.318 e. The Hall–Kier alpha value is -1.53. The van der Waals surface area contributed by atoms with Gasteiger partial charge in [-0.25, -0.2) is 4.79 Å². The van der Waals surface area contributed by atoms with E-state index >= 15 is 0 Å². The van der Waals surface area contributed by atoms with Gasteiger partial charge in [0.15, 0.2) is 0 Å². The van der Waals surface area contributed by atoms with Gasteiger partial charge in [-0.1, -0.05) is 0 Å². The predicted molar refractivity (Wildman–Crippen MR) is 89.7 cm³/mol. The van der Waals surface area contributed by atoms with Gasteiger partial charge >= 0.3 is 6.03 Å². The maximum Gasteiger partial charge on any atom is 0.318 e. The Labute approximate surface area is 143 Å². The first-order valence-electron chi connectivity index (χ1n) is 8.77. The van der Waals surface area contributed by atoms with Crippen LogP contribution in [0.2, 0.25) is 0 Å². The molecule has 6 nitrogen and oxygen atoms in total. The molecular formula is C18H28N2O4. The van der Waals surface area contributed by atoms with E-state index < -0.39 is 0 Å². The number of nitrogens with zero attached hydrogens (tertiary/aromatic N) is 1. The molecule has 3 heterocycles. The van der Waals surface area contributed by atoms with Gasteiger partial charge in [0, 0.05) is 26.3 Å². The molecule has 2 amide bonds. The van der Waals surface area contributed by atoms with Crippen LogP contribution in [0.1, 0.15) is 57.1 Å². The van der Waals surface area contributed by atoms with Crippen molar-refractivity contribution in [1.82, 2.24) is 10.2 Å². The Morgan fingerprint density at radius 2 is 2.25 bits per heavy atom. The normalized spacial score (nSPS) is 26.5. The highest BCUT2D eigenvalue weighted by Gasteiger charge is 2.35. The number of hydrogen-bond acceptors (Lipinski definition) is 4. The second kappa shape index (κ2) is 7.15. The summed E-state index contributed by atoms with van der Waals surface area (Å²) in [6.45, 7) is 6.06. The number of carbonyl (C=O) groups is 1. The van der Waals surface area contributed by atoms with Gasteiger partial charge in [-0.2, -0.15) is 0 Å². The molecule has 2 saturated heterocycles. The van der Waals surface area contributed by atoms with Gasteiger partial charge in [-0.3, -0.25) is 0 Å². The molecule has 2 fully saturated rings. The second-order valence-corrected chi connectivity index (χ2v) is 7.34. The van der Waals surface area contributed by atoms with Crippen molar-refractivity contribution in [3.8, 4) is 0 Å². The predicted octanol–water partition coefficient (Wildman–Crippen LogP) is 3.23. The SMILES string of the molecule is COCc1ccc(C2CCCN2C(=O)NC2CCOC(C)(C)C2)o1. The third kappa shape index (κ3) is 3.92. The van der Waals surface area contributed by atoms with Gasteiger partial charge in [-0.05, 0) is 51.7 Å². The number of furan rings is 1. The summed E-state index contributed by atoms with van der Waals surface area (Å²) in [4.78, 5) is 14.6. The van der Waals surface area contributed by atoms with Gasteiger partial charge in [0.1, 0.15) is 18.1 Å². The van der Waals surface area contributed by atoms with Crippen LogP contribution in [-0.4, -0.2) is 42.8 Å². The van der Waals surface area contributed by atoms with Gasteiger partial charge < -0.3 is 24.1 Å².